The maximum Gasteiger partial charge on any atom is 0.408 e. The number of nitrogens with zero attached hydrogens (tertiary/aromatic N) is 1. The van der Waals surface area contributed by atoms with Crippen LogP contribution in [0.3, 0.4) is 0 Å². The fraction of sp³-hybridized carbons (Fsp3) is 0.643. The minimum atomic E-state index is -1.10. The van der Waals surface area contributed by atoms with Gasteiger partial charge in [0.15, 0.2) is 5.13 Å². The molecule has 1 heterocycles. The average Bonchev–Trinajstić information content (AvgIpc) is 2.73. The highest BCUT2D eigenvalue weighted by Gasteiger charge is 2.32. The van der Waals surface area contributed by atoms with Crippen LogP contribution < -0.4 is 10.6 Å². The van der Waals surface area contributed by atoms with Gasteiger partial charge in [0.2, 0.25) is 0 Å². The molecule has 2 amide bonds. The first-order valence-electron chi connectivity index (χ1n) is 6.80. The summed E-state index contributed by atoms with van der Waals surface area (Å²) in [5, 5.41) is 7.68. The lowest BCUT2D eigenvalue weighted by Gasteiger charge is -2.27. The zero-order chi connectivity index (χ0) is 16.3. The molecule has 0 aliphatic rings. The monoisotopic (exact) mass is 313 g/mol. The first-order chi connectivity index (χ1) is 9.53. The van der Waals surface area contributed by atoms with Crippen LogP contribution in [0.25, 0.3) is 0 Å². The lowest BCUT2D eigenvalue weighted by atomic mass is 10.1. The Labute approximate surface area is 129 Å². The normalized spacial score (nSPS) is 11.9. The highest BCUT2D eigenvalue weighted by molar-refractivity contribution is 7.13. The number of carbonyl (C=O) groups is 2. The molecule has 0 aromatic carbocycles. The number of anilines is 1. The molecule has 7 heteroatoms. The van der Waals surface area contributed by atoms with Crippen molar-refractivity contribution in [1.82, 2.24) is 10.3 Å². The lowest BCUT2D eigenvalue weighted by Crippen LogP contribution is -2.53. The molecule has 0 saturated heterocycles. The Hall–Kier alpha value is -1.63. The summed E-state index contributed by atoms with van der Waals surface area (Å²) < 4.78 is 5.15. The first kappa shape index (κ1) is 17.4. The highest BCUT2D eigenvalue weighted by atomic mass is 32.1. The molecular weight excluding hydrogens is 290 g/mol. The van der Waals surface area contributed by atoms with Crippen molar-refractivity contribution in [1.29, 1.82) is 0 Å². The lowest BCUT2D eigenvalue weighted by molar-refractivity contribution is -0.121. The molecule has 0 atom stereocenters. The predicted molar refractivity (Wildman–Crippen MR) is 83.6 cm³/mol. The van der Waals surface area contributed by atoms with Crippen LogP contribution in [0.1, 0.15) is 47.2 Å². The molecule has 1 aromatic heterocycles. The van der Waals surface area contributed by atoms with Gasteiger partial charge in [-0.25, -0.2) is 9.78 Å². The molecule has 21 heavy (non-hydrogen) atoms. The maximum absolute atomic E-state index is 12.2. The van der Waals surface area contributed by atoms with Crippen molar-refractivity contribution in [3.8, 4) is 0 Å². The number of carbonyl (C=O) groups excluding carboxylic acids is 2. The van der Waals surface area contributed by atoms with E-state index in [1.807, 2.05) is 12.3 Å². The van der Waals surface area contributed by atoms with E-state index >= 15 is 0 Å². The molecule has 0 unspecified atom stereocenters. The van der Waals surface area contributed by atoms with Gasteiger partial charge in [0, 0.05) is 5.38 Å². The largest absolute Gasteiger partial charge is 0.444 e. The summed E-state index contributed by atoms with van der Waals surface area (Å²) >= 11 is 1.36. The number of aryl methyl sites for hydroxylation is 1. The number of ether oxygens (including phenoxy) is 1. The molecule has 0 spiro atoms. The third-order valence-corrected chi connectivity index (χ3v) is 3.32. The van der Waals surface area contributed by atoms with E-state index in [-0.39, 0.29) is 5.91 Å². The number of thiazole rings is 1. The number of hydrogen-bond acceptors (Lipinski definition) is 5. The summed E-state index contributed by atoms with van der Waals surface area (Å²) in [6.07, 6.45) is 0.183. The van der Waals surface area contributed by atoms with Crippen LogP contribution in [-0.2, 0) is 16.0 Å². The molecule has 1 rings (SSSR count). The topological polar surface area (TPSA) is 80.3 Å². The van der Waals surface area contributed by atoms with Crippen LogP contribution >= 0.6 is 11.3 Å². The summed E-state index contributed by atoms with van der Waals surface area (Å²) in [5.74, 6) is -0.342. The van der Waals surface area contributed by atoms with Crippen LogP contribution in [0.2, 0.25) is 0 Å². The van der Waals surface area contributed by atoms with Gasteiger partial charge in [0.05, 0.1) is 5.69 Å². The van der Waals surface area contributed by atoms with Crippen LogP contribution in [-0.4, -0.2) is 28.1 Å². The van der Waals surface area contributed by atoms with Crippen molar-refractivity contribution in [2.24, 2.45) is 0 Å². The fourth-order valence-corrected chi connectivity index (χ4v) is 2.18. The third kappa shape index (κ3) is 5.71. The summed E-state index contributed by atoms with van der Waals surface area (Å²) in [5.41, 5.74) is -0.782. The van der Waals surface area contributed by atoms with Crippen LogP contribution in [0.4, 0.5) is 9.93 Å². The van der Waals surface area contributed by atoms with Gasteiger partial charge in [-0.1, -0.05) is 6.92 Å². The SMILES string of the molecule is CCc1csc(NC(=O)C(C)(C)NC(=O)OC(C)(C)C)n1. The van der Waals surface area contributed by atoms with Crippen molar-refractivity contribution < 1.29 is 14.3 Å². The number of nitrogens with one attached hydrogen (secondary N) is 2. The first-order valence-corrected chi connectivity index (χ1v) is 7.68. The van der Waals surface area contributed by atoms with Crippen molar-refractivity contribution in [2.75, 3.05) is 5.32 Å². The second-order valence-corrected chi connectivity index (χ2v) is 7.06. The van der Waals surface area contributed by atoms with E-state index in [0.29, 0.717) is 5.13 Å². The molecule has 1 aromatic rings. The van der Waals surface area contributed by atoms with Gasteiger partial charge >= 0.3 is 6.09 Å². The Bertz CT molecular complexity index is 518. The Morgan fingerprint density at radius 2 is 1.90 bits per heavy atom. The van der Waals surface area contributed by atoms with Gasteiger partial charge in [-0.2, -0.15) is 0 Å². The van der Waals surface area contributed by atoms with E-state index in [1.165, 1.54) is 11.3 Å². The summed E-state index contributed by atoms with van der Waals surface area (Å²) in [6, 6.07) is 0. The quantitative estimate of drug-likeness (QED) is 0.895. The van der Waals surface area contributed by atoms with E-state index in [0.717, 1.165) is 12.1 Å². The molecule has 0 radical (unpaired) electrons. The van der Waals surface area contributed by atoms with Gasteiger partial charge in [-0.3, -0.25) is 10.1 Å². The summed E-state index contributed by atoms with van der Waals surface area (Å²) in [7, 11) is 0. The number of rotatable bonds is 4. The van der Waals surface area contributed by atoms with E-state index in [1.54, 1.807) is 34.6 Å². The van der Waals surface area contributed by atoms with E-state index in [4.69, 9.17) is 4.74 Å². The van der Waals surface area contributed by atoms with Crippen molar-refractivity contribution in [3.63, 3.8) is 0 Å². The number of alkyl carbamates (subject to hydrolysis) is 1. The van der Waals surface area contributed by atoms with Crippen molar-refractivity contribution >= 4 is 28.5 Å². The average molecular weight is 313 g/mol. The smallest absolute Gasteiger partial charge is 0.408 e. The van der Waals surface area contributed by atoms with E-state index < -0.39 is 17.2 Å². The molecule has 0 aliphatic carbocycles. The molecule has 0 aliphatic heterocycles. The van der Waals surface area contributed by atoms with E-state index in [2.05, 4.69) is 15.6 Å². The van der Waals surface area contributed by atoms with Crippen LogP contribution in [0.5, 0.6) is 0 Å². The number of hydrogen-bond donors (Lipinski definition) is 2. The van der Waals surface area contributed by atoms with Gasteiger partial charge < -0.3 is 10.1 Å². The Kier molecular flexibility index (Phi) is 5.33. The van der Waals surface area contributed by atoms with Crippen LogP contribution in [0, 0.1) is 0 Å². The van der Waals surface area contributed by atoms with Crippen LogP contribution in [0.15, 0.2) is 5.38 Å². The maximum atomic E-state index is 12.2. The molecule has 0 fully saturated rings. The van der Waals surface area contributed by atoms with Gasteiger partial charge in [0.1, 0.15) is 11.1 Å². The number of amides is 2. The molecule has 0 bridgehead atoms. The minimum Gasteiger partial charge on any atom is -0.444 e. The summed E-state index contributed by atoms with van der Waals surface area (Å²) in [4.78, 5) is 28.2. The molecule has 0 saturated carbocycles. The minimum absolute atomic E-state index is 0.342. The Morgan fingerprint density at radius 3 is 2.38 bits per heavy atom. The second kappa shape index (κ2) is 6.43. The highest BCUT2D eigenvalue weighted by Crippen LogP contribution is 2.18. The fourth-order valence-electron chi connectivity index (χ4n) is 1.40. The molecule has 2 N–H and O–H groups in total. The Balaban J connectivity index is 2.64. The predicted octanol–water partition coefficient (Wildman–Crippen LogP) is 2.95. The zero-order valence-electron chi connectivity index (χ0n) is 13.4. The standard InChI is InChI=1S/C14H23N3O3S/c1-7-9-8-21-11(15-9)16-10(18)14(5,6)17-12(19)20-13(2,3)4/h8H,7H2,1-6H3,(H,17,19)(H,15,16,18). The third-order valence-electron chi connectivity index (χ3n) is 2.52. The van der Waals surface area contributed by atoms with E-state index in [9.17, 15) is 9.59 Å². The van der Waals surface area contributed by atoms with Gasteiger partial charge in [-0.15, -0.1) is 11.3 Å². The van der Waals surface area contributed by atoms with Crippen molar-refractivity contribution in [2.45, 2.75) is 59.1 Å². The van der Waals surface area contributed by atoms with Gasteiger partial charge in [-0.05, 0) is 41.0 Å². The number of aromatic nitrogens is 1. The molecule has 118 valence electrons. The van der Waals surface area contributed by atoms with Crippen molar-refractivity contribution in [3.05, 3.63) is 11.1 Å². The zero-order valence-corrected chi connectivity index (χ0v) is 14.2. The summed E-state index contributed by atoms with van der Waals surface area (Å²) in [6.45, 7) is 10.5. The molecular formula is C14H23N3O3S. The molecule has 6 nitrogen and oxygen atoms in total. The Morgan fingerprint density at radius 1 is 1.29 bits per heavy atom. The second-order valence-electron chi connectivity index (χ2n) is 6.20. The van der Waals surface area contributed by atoms with Gasteiger partial charge in [0.25, 0.3) is 5.91 Å².